The number of rotatable bonds is 0. The van der Waals surface area contributed by atoms with Gasteiger partial charge in [0, 0.05) is 34.3 Å². The molecule has 2 aromatic carbocycles. The van der Waals surface area contributed by atoms with Crippen molar-refractivity contribution >= 4 is 31.8 Å². The molecule has 0 aliphatic carbocycles. The van der Waals surface area contributed by atoms with Gasteiger partial charge in [-0.2, -0.15) is 0 Å². The van der Waals surface area contributed by atoms with Crippen molar-refractivity contribution in [2.75, 3.05) is 0 Å². The van der Waals surface area contributed by atoms with Crippen LogP contribution in [0.25, 0.3) is 32.9 Å². The lowest BCUT2D eigenvalue weighted by atomic mass is 10.0. The van der Waals surface area contributed by atoms with E-state index in [-0.39, 0.29) is 0 Å². The Bertz CT molecular complexity index is 1190. The molecule has 0 unspecified atom stereocenters. The molecule has 0 amide bonds. The van der Waals surface area contributed by atoms with Gasteiger partial charge in [-0.1, -0.05) is 36.4 Å². The summed E-state index contributed by atoms with van der Waals surface area (Å²) in [7, 11) is -3.61. The first-order valence-electron chi connectivity index (χ1n) is 6.92. The molecule has 4 aromatic rings. The van der Waals surface area contributed by atoms with Gasteiger partial charge in [-0.3, -0.25) is 4.98 Å². The molecule has 5 rings (SSSR count). The highest BCUT2D eigenvalue weighted by molar-refractivity contribution is 7.90. The Hall–Kier alpha value is -2.66. The molecule has 1 aliphatic heterocycles. The highest BCUT2D eigenvalue weighted by Crippen LogP contribution is 2.43. The number of nitrogens with zero attached hydrogens (tertiary/aromatic N) is 2. The van der Waals surface area contributed by atoms with E-state index in [0.29, 0.717) is 16.0 Å². The lowest BCUT2D eigenvalue weighted by Gasteiger charge is -2.19. The third-order valence-electron chi connectivity index (χ3n) is 4.24. The maximum absolute atomic E-state index is 13.1. The van der Waals surface area contributed by atoms with Gasteiger partial charge in [0.15, 0.2) is 0 Å². The van der Waals surface area contributed by atoms with Gasteiger partial charge < -0.3 is 0 Å². The van der Waals surface area contributed by atoms with Crippen molar-refractivity contribution in [3.8, 4) is 11.1 Å². The van der Waals surface area contributed by atoms with Crippen LogP contribution in [0, 0.1) is 0 Å². The lowest BCUT2D eigenvalue weighted by Crippen LogP contribution is -2.17. The first-order valence-corrected chi connectivity index (χ1v) is 8.36. The Morgan fingerprint density at radius 2 is 1.68 bits per heavy atom. The monoisotopic (exact) mass is 306 g/mol. The number of para-hydroxylation sites is 2. The predicted molar refractivity (Wildman–Crippen MR) is 85.3 cm³/mol. The van der Waals surface area contributed by atoms with Crippen LogP contribution >= 0.6 is 0 Å². The van der Waals surface area contributed by atoms with Gasteiger partial charge in [-0.05, 0) is 12.1 Å². The van der Waals surface area contributed by atoms with Crippen molar-refractivity contribution in [2.24, 2.45) is 0 Å². The van der Waals surface area contributed by atoms with E-state index in [9.17, 15) is 8.42 Å². The van der Waals surface area contributed by atoms with Crippen LogP contribution in [0.2, 0.25) is 0 Å². The summed E-state index contributed by atoms with van der Waals surface area (Å²) in [5.41, 5.74) is 3.03. The zero-order chi connectivity index (χ0) is 14.9. The molecule has 0 radical (unpaired) electrons. The number of aromatic nitrogens is 2. The summed E-state index contributed by atoms with van der Waals surface area (Å²) in [6, 6.07) is 15.1. The fourth-order valence-corrected chi connectivity index (χ4v) is 5.08. The Morgan fingerprint density at radius 1 is 0.864 bits per heavy atom. The van der Waals surface area contributed by atoms with Crippen molar-refractivity contribution < 1.29 is 8.42 Å². The number of hydrogen-bond donors (Lipinski definition) is 0. The Labute approximate surface area is 126 Å². The number of hydrogen-bond acceptors (Lipinski definition) is 3. The molecule has 2 aromatic heterocycles. The van der Waals surface area contributed by atoms with Crippen molar-refractivity contribution in [1.29, 1.82) is 0 Å². The van der Waals surface area contributed by atoms with Crippen LogP contribution in [-0.4, -0.2) is 17.4 Å². The molecule has 1 aliphatic rings. The molecule has 0 fully saturated rings. The minimum atomic E-state index is -3.61. The largest absolute Gasteiger partial charge is 0.269 e. The van der Waals surface area contributed by atoms with Crippen LogP contribution in [-0.2, 0) is 10.0 Å². The summed E-state index contributed by atoms with van der Waals surface area (Å²) >= 11 is 0. The normalized spacial score (nSPS) is 15.1. The van der Waals surface area contributed by atoms with Crippen molar-refractivity contribution in [3.05, 3.63) is 60.9 Å². The van der Waals surface area contributed by atoms with Gasteiger partial charge in [0.05, 0.1) is 15.9 Å². The molecule has 3 heterocycles. The fourth-order valence-electron chi connectivity index (χ4n) is 3.35. The van der Waals surface area contributed by atoms with Gasteiger partial charge in [0.2, 0.25) is 0 Å². The lowest BCUT2D eigenvalue weighted by molar-refractivity contribution is 0.590. The summed E-state index contributed by atoms with van der Waals surface area (Å²) in [6.45, 7) is 0. The van der Waals surface area contributed by atoms with Gasteiger partial charge in [0.1, 0.15) is 0 Å². The smallest absolute Gasteiger partial charge is 0.264 e. The second-order valence-electron chi connectivity index (χ2n) is 5.36. The van der Waals surface area contributed by atoms with E-state index in [4.69, 9.17) is 0 Å². The molecule has 0 saturated carbocycles. The van der Waals surface area contributed by atoms with Gasteiger partial charge >= 0.3 is 0 Å². The molecule has 4 nitrogen and oxygen atoms in total. The molecule has 22 heavy (non-hydrogen) atoms. The molecule has 0 spiro atoms. The van der Waals surface area contributed by atoms with Gasteiger partial charge in [-0.25, -0.2) is 12.4 Å². The van der Waals surface area contributed by atoms with Crippen molar-refractivity contribution in [3.63, 3.8) is 0 Å². The maximum Gasteiger partial charge on any atom is 0.269 e. The molecule has 0 saturated heterocycles. The Kier molecular flexibility index (Phi) is 2.04. The molecule has 106 valence electrons. The van der Waals surface area contributed by atoms with Crippen LogP contribution in [0.15, 0.2) is 65.8 Å². The highest BCUT2D eigenvalue weighted by Gasteiger charge is 2.32. The third-order valence-corrected chi connectivity index (χ3v) is 6.01. The van der Waals surface area contributed by atoms with E-state index in [0.717, 1.165) is 21.9 Å². The average Bonchev–Trinajstić information content (AvgIpc) is 2.89. The SMILES string of the molecule is O=S1(=O)c2ccncc2-c2cccc3c4ccccc4n1c23. The maximum atomic E-state index is 13.1. The molecule has 0 bridgehead atoms. The minimum absolute atomic E-state index is 0.309. The van der Waals surface area contributed by atoms with Gasteiger partial charge in [-0.15, -0.1) is 0 Å². The summed E-state index contributed by atoms with van der Waals surface area (Å²) in [6.07, 6.45) is 3.15. The summed E-state index contributed by atoms with van der Waals surface area (Å²) in [5.74, 6) is 0. The first-order chi connectivity index (χ1) is 10.7. The summed E-state index contributed by atoms with van der Waals surface area (Å²) in [4.78, 5) is 4.41. The second-order valence-corrected chi connectivity index (χ2v) is 7.12. The van der Waals surface area contributed by atoms with E-state index in [1.165, 1.54) is 10.2 Å². The van der Waals surface area contributed by atoms with Gasteiger partial charge in [0.25, 0.3) is 10.0 Å². The summed E-state index contributed by atoms with van der Waals surface area (Å²) < 4.78 is 27.7. The zero-order valence-corrected chi connectivity index (χ0v) is 12.2. The third kappa shape index (κ3) is 1.23. The van der Waals surface area contributed by atoms with Crippen molar-refractivity contribution in [1.82, 2.24) is 8.96 Å². The number of pyridine rings is 1. The number of fused-ring (bicyclic) bond motifs is 5. The standard InChI is InChI=1S/C17H10N2O2S/c20-22(21)16-8-9-18-10-14(16)13-6-3-5-12-11-4-1-2-7-15(11)19(22)17(12)13/h1-10H. The molecule has 0 N–H and O–H groups in total. The molecular weight excluding hydrogens is 296 g/mol. The number of benzene rings is 2. The molecule has 5 heteroatoms. The first kappa shape index (κ1) is 11.9. The predicted octanol–water partition coefficient (Wildman–Crippen LogP) is 3.41. The topological polar surface area (TPSA) is 52.0 Å². The van der Waals surface area contributed by atoms with Crippen LogP contribution in [0.1, 0.15) is 0 Å². The molecule has 0 atom stereocenters. The minimum Gasteiger partial charge on any atom is -0.264 e. The fraction of sp³-hybridized carbons (Fsp3) is 0. The van der Waals surface area contributed by atoms with E-state index in [2.05, 4.69) is 4.98 Å². The quantitative estimate of drug-likeness (QED) is 0.440. The van der Waals surface area contributed by atoms with E-state index < -0.39 is 10.0 Å². The molecular formula is C17H10N2O2S. The van der Waals surface area contributed by atoms with Crippen LogP contribution in [0.4, 0.5) is 0 Å². The summed E-state index contributed by atoms with van der Waals surface area (Å²) in [5, 5.41) is 1.90. The van der Waals surface area contributed by atoms with Crippen LogP contribution < -0.4 is 0 Å². The van der Waals surface area contributed by atoms with E-state index in [1.54, 1.807) is 12.3 Å². The highest BCUT2D eigenvalue weighted by atomic mass is 32.2. The Morgan fingerprint density at radius 3 is 2.59 bits per heavy atom. The second kappa shape index (κ2) is 3.75. The van der Waals surface area contributed by atoms with E-state index in [1.807, 2.05) is 42.5 Å². The zero-order valence-electron chi connectivity index (χ0n) is 11.4. The van der Waals surface area contributed by atoms with Crippen LogP contribution in [0.3, 0.4) is 0 Å². The Balaban J connectivity index is 2.19. The van der Waals surface area contributed by atoms with Crippen molar-refractivity contribution in [2.45, 2.75) is 4.90 Å². The average molecular weight is 306 g/mol. The van der Waals surface area contributed by atoms with Crippen LogP contribution in [0.5, 0.6) is 0 Å². The van der Waals surface area contributed by atoms with E-state index >= 15 is 0 Å².